The van der Waals surface area contributed by atoms with E-state index in [1.54, 1.807) is 4.90 Å². The highest BCUT2D eigenvalue weighted by Gasteiger charge is 2.26. The highest BCUT2D eigenvalue weighted by molar-refractivity contribution is 5.80. The minimum atomic E-state index is -0.137. The zero-order chi connectivity index (χ0) is 8.27. The maximum Gasteiger partial charge on any atom is 0.222 e. The van der Waals surface area contributed by atoms with Gasteiger partial charge in [-0.15, -0.1) is 0 Å². The molecule has 11 heavy (non-hydrogen) atoms. The number of hydrogen-bond donors (Lipinski definition) is 0. The fourth-order valence-electron chi connectivity index (χ4n) is 1.45. The van der Waals surface area contributed by atoms with E-state index in [0.717, 1.165) is 25.7 Å². The summed E-state index contributed by atoms with van der Waals surface area (Å²) in [6.07, 6.45) is 3.19. The van der Waals surface area contributed by atoms with Crippen molar-refractivity contribution in [3.8, 4) is 0 Å². The summed E-state index contributed by atoms with van der Waals surface area (Å²) in [5.41, 5.74) is 0. The van der Waals surface area contributed by atoms with Crippen molar-refractivity contribution in [2.24, 2.45) is 0 Å². The Morgan fingerprint density at radius 3 is 3.00 bits per heavy atom. The molecule has 1 rings (SSSR count). The van der Waals surface area contributed by atoms with Crippen molar-refractivity contribution in [1.82, 2.24) is 4.90 Å². The predicted molar refractivity (Wildman–Crippen MR) is 41.1 cm³/mol. The van der Waals surface area contributed by atoms with Crippen molar-refractivity contribution in [2.45, 2.75) is 32.2 Å². The van der Waals surface area contributed by atoms with Gasteiger partial charge in [-0.25, -0.2) is 0 Å². The molecule has 62 valence electrons. The topological polar surface area (TPSA) is 37.4 Å². The number of hydrogen-bond acceptors (Lipinski definition) is 2. The lowest BCUT2D eigenvalue weighted by atomic mass is 10.2. The molecule has 0 bridgehead atoms. The molecule has 0 N–H and O–H groups in total. The van der Waals surface area contributed by atoms with Crippen molar-refractivity contribution >= 4 is 12.2 Å². The lowest BCUT2D eigenvalue weighted by Gasteiger charge is -2.18. The summed E-state index contributed by atoms with van der Waals surface area (Å²) in [5.74, 6) is 0.0969. The molecule has 3 heteroatoms. The molecule has 1 fully saturated rings. The van der Waals surface area contributed by atoms with E-state index in [-0.39, 0.29) is 11.9 Å². The molecule has 1 aliphatic heterocycles. The third-order valence-electron chi connectivity index (χ3n) is 2.08. The number of carbonyl (C=O) groups excluding carboxylic acids is 2. The maximum atomic E-state index is 11.2. The Labute approximate surface area is 66.4 Å². The second-order valence-corrected chi connectivity index (χ2v) is 2.79. The summed E-state index contributed by atoms with van der Waals surface area (Å²) < 4.78 is 0. The van der Waals surface area contributed by atoms with Crippen LogP contribution in [0.25, 0.3) is 0 Å². The van der Waals surface area contributed by atoms with Crippen LogP contribution in [0.1, 0.15) is 26.2 Å². The minimum Gasteiger partial charge on any atom is -0.333 e. The molecule has 1 atom stereocenters. The molecule has 0 spiro atoms. The highest BCUT2D eigenvalue weighted by Crippen LogP contribution is 2.15. The summed E-state index contributed by atoms with van der Waals surface area (Å²) in [7, 11) is 0. The van der Waals surface area contributed by atoms with Gasteiger partial charge in [0.05, 0.1) is 6.04 Å². The summed E-state index contributed by atoms with van der Waals surface area (Å²) in [4.78, 5) is 23.3. The Morgan fingerprint density at radius 2 is 2.45 bits per heavy atom. The first-order valence-electron chi connectivity index (χ1n) is 4.04. The summed E-state index contributed by atoms with van der Waals surface area (Å²) in [6.45, 7) is 2.58. The number of aldehydes is 1. The van der Waals surface area contributed by atoms with Crippen LogP contribution in [0.15, 0.2) is 0 Å². The van der Waals surface area contributed by atoms with Crippen LogP contribution in [0.2, 0.25) is 0 Å². The van der Waals surface area contributed by atoms with E-state index in [4.69, 9.17) is 0 Å². The number of amides is 1. The zero-order valence-corrected chi connectivity index (χ0v) is 6.75. The molecule has 1 amide bonds. The highest BCUT2D eigenvalue weighted by atomic mass is 16.2. The standard InChI is InChI=1S/C8H13NO2/c1-2-8(11)9-5-3-4-7(9)6-10/h6-7H,2-5H2,1H3/t7-/m0/s1. The van der Waals surface area contributed by atoms with Crippen LogP contribution in [0.5, 0.6) is 0 Å². The van der Waals surface area contributed by atoms with Crippen molar-refractivity contribution in [2.75, 3.05) is 6.54 Å². The van der Waals surface area contributed by atoms with Gasteiger partial charge in [-0.2, -0.15) is 0 Å². The van der Waals surface area contributed by atoms with Gasteiger partial charge in [-0.05, 0) is 12.8 Å². The van der Waals surface area contributed by atoms with E-state index < -0.39 is 0 Å². The van der Waals surface area contributed by atoms with Gasteiger partial charge in [0.2, 0.25) is 5.91 Å². The largest absolute Gasteiger partial charge is 0.333 e. The normalized spacial score (nSPS) is 23.7. The molecule has 0 aromatic rings. The molecule has 0 radical (unpaired) electrons. The molecule has 3 nitrogen and oxygen atoms in total. The van der Waals surface area contributed by atoms with Crippen LogP contribution in [-0.2, 0) is 9.59 Å². The Hall–Kier alpha value is -0.860. The lowest BCUT2D eigenvalue weighted by Crippen LogP contribution is -2.35. The second-order valence-electron chi connectivity index (χ2n) is 2.79. The quantitative estimate of drug-likeness (QED) is 0.547. The van der Waals surface area contributed by atoms with Crippen LogP contribution >= 0.6 is 0 Å². The molecule has 0 aromatic carbocycles. The van der Waals surface area contributed by atoms with Gasteiger partial charge in [0.1, 0.15) is 6.29 Å². The van der Waals surface area contributed by atoms with Crippen LogP contribution in [0.4, 0.5) is 0 Å². The summed E-state index contributed by atoms with van der Waals surface area (Å²) in [5, 5.41) is 0. The van der Waals surface area contributed by atoms with E-state index in [1.807, 2.05) is 6.92 Å². The first kappa shape index (κ1) is 8.24. The van der Waals surface area contributed by atoms with Crippen molar-refractivity contribution in [3.63, 3.8) is 0 Å². The number of likely N-dealkylation sites (tertiary alicyclic amines) is 1. The number of rotatable bonds is 2. The average molecular weight is 155 g/mol. The van der Waals surface area contributed by atoms with Gasteiger partial charge in [0.25, 0.3) is 0 Å². The van der Waals surface area contributed by atoms with Gasteiger partial charge in [0, 0.05) is 13.0 Å². The monoisotopic (exact) mass is 155 g/mol. The van der Waals surface area contributed by atoms with Crippen LogP contribution < -0.4 is 0 Å². The van der Waals surface area contributed by atoms with Gasteiger partial charge >= 0.3 is 0 Å². The fraction of sp³-hybridized carbons (Fsp3) is 0.750. The molecule has 0 saturated carbocycles. The zero-order valence-electron chi connectivity index (χ0n) is 6.75. The molecular formula is C8H13NO2. The van der Waals surface area contributed by atoms with Crippen molar-refractivity contribution in [3.05, 3.63) is 0 Å². The molecular weight excluding hydrogens is 142 g/mol. The van der Waals surface area contributed by atoms with Gasteiger partial charge in [-0.1, -0.05) is 6.92 Å². The van der Waals surface area contributed by atoms with Crippen molar-refractivity contribution in [1.29, 1.82) is 0 Å². The van der Waals surface area contributed by atoms with Gasteiger partial charge < -0.3 is 9.69 Å². The molecule has 0 unspecified atom stereocenters. The molecule has 1 aliphatic rings. The smallest absolute Gasteiger partial charge is 0.222 e. The van der Waals surface area contributed by atoms with Gasteiger partial charge in [-0.3, -0.25) is 4.79 Å². The third-order valence-corrected chi connectivity index (χ3v) is 2.08. The number of nitrogens with zero attached hydrogens (tertiary/aromatic N) is 1. The van der Waals surface area contributed by atoms with Crippen LogP contribution in [0, 0.1) is 0 Å². The first-order chi connectivity index (χ1) is 5.29. The van der Waals surface area contributed by atoms with E-state index in [9.17, 15) is 9.59 Å². The van der Waals surface area contributed by atoms with Crippen LogP contribution in [-0.4, -0.2) is 29.7 Å². The maximum absolute atomic E-state index is 11.2. The predicted octanol–water partition coefficient (Wildman–Crippen LogP) is 0.586. The molecule has 0 aliphatic carbocycles. The Morgan fingerprint density at radius 1 is 1.73 bits per heavy atom. The summed E-state index contributed by atoms with van der Waals surface area (Å²) in [6, 6.07) is -0.137. The van der Waals surface area contributed by atoms with E-state index >= 15 is 0 Å². The Balaban J connectivity index is 2.56. The first-order valence-corrected chi connectivity index (χ1v) is 4.04. The van der Waals surface area contributed by atoms with E-state index in [2.05, 4.69) is 0 Å². The minimum absolute atomic E-state index is 0.0969. The fourth-order valence-corrected chi connectivity index (χ4v) is 1.45. The summed E-state index contributed by atoms with van der Waals surface area (Å²) >= 11 is 0. The molecule has 1 heterocycles. The van der Waals surface area contributed by atoms with E-state index in [0.29, 0.717) is 6.42 Å². The second kappa shape index (κ2) is 3.51. The SMILES string of the molecule is CCC(=O)N1CCC[C@H]1C=O. The molecule has 1 saturated heterocycles. The average Bonchev–Trinajstić information content (AvgIpc) is 2.50. The lowest BCUT2D eigenvalue weighted by molar-refractivity contribution is -0.134. The van der Waals surface area contributed by atoms with Crippen LogP contribution in [0.3, 0.4) is 0 Å². The van der Waals surface area contributed by atoms with Crippen molar-refractivity contribution < 1.29 is 9.59 Å². The number of carbonyl (C=O) groups is 2. The third kappa shape index (κ3) is 1.59. The van der Waals surface area contributed by atoms with Gasteiger partial charge in [0.15, 0.2) is 0 Å². The van der Waals surface area contributed by atoms with E-state index in [1.165, 1.54) is 0 Å². The Kier molecular flexibility index (Phi) is 2.63. The Bertz CT molecular complexity index is 167. The molecule has 0 aromatic heterocycles.